The first kappa shape index (κ1) is 13.1. The molecular formula is C15H14NO3-. The van der Waals surface area contributed by atoms with Crippen molar-refractivity contribution < 1.29 is 14.7 Å². The Balaban J connectivity index is 2.17. The molecule has 4 nitrogen and oxygen atoms in total. The van der Waals surface area contributed by atoms with Crippen LogP contribution in [-0.4, -0.2) is 17.9 Å². The molecule has 2 aromatic rings. The maximum absolute atomic E-state index is 11.8. The molecule has 1 N–H and O–H groups in total. The van der Waals surface area contributed by atoms with Crippen molar-refractivity contribution in [3.8, 4) is 0 Å². The van der Waals surface area contributed by atoms with Gasteiger partial charge >= 0.3 is 0 Å². The topological polar surface area (TPSA) is 69.2 Å². The molecule has 0 aliphatic carbocycles. The van der Waals surface area contributed by atoms with Gasteiger partial charge in [0, 0.05) is 0 Å². The minimum absolute atomic E-state index is 0.152. The van der Waals surface area contributed by atoms with E-state index in [1.807, 2.05) is 42.5 Å². The van der Waals surface area contributed by atoms with Crippen LogP contribution >= 0.6 is 0 Å². The van der Waals surface area contributed by atoms with Crippen LogP contribution in [0.1, 0.15) is 12.5 Å². The van der Waals surface area contributed by atoms with Crippen LogP contribution in [0.5, 0.6) is 0 Å². The Labute approximate surface area is 111 Å². The molecule has 2 aromatic carbocycles. The first-order valence-electron chi connectivity index (χ1n) is 6.05. The maximum Gasteiger partial charge on any atom is 0.224 e. The van der Waals surface area contributed by atoms with Crippen molar-refractivity contribution in [1.29, 1.82) is 0 Å². The molecule has 0 aromatic heterocycles. The Morgan fingerprint density at radius 1 is 1.16 bits per heavy atom. The summed E-state index contributed by atoms with van der Waals surface area (Å²) in [5.74, 6) is -1.61. The molecule has 0 radical (unpaired) electrons. The summed E-state index contributed by atoms with van der Waals surface area (Å²) in [6.07, 6.45) is 0.152. The van der Waals surface area contributed by atoms with Crippen molar-refractivity contribution in [3.63, 3.8) is 0 Å². The fraction of sp³-hybridized carbons (Fsp3) is 0.200. The highest BCUT2D eigenvalue weighted by molar-refractivity contribution is 5.91. The maximum atomic E-state index is 11.8. The SMILES string of the molecule is C[C@@H](NC(=O)Cc1cccc2ccccc12)C(=O)[O-]. The number of carboxylic acids is 1. The highest BCUT2D eigenvalue weighted by Gasteiger charge is 2.10. The average Bonchev–Trinajstić information content (AvgIpc) is 2.39. The van der Waals surface area contributed by atoms with E-state index in [0.717, 1.165) is 16.3 Å². The zero-order chi connectivity index (χ0) is 13.8. The minimum Gasteiger partial charge on any atom is -0.548 e. The summed E-state index contributed by atoms with van der Waals surface area (Å²) < 4.78 is 0. The second kappa shape index (κ2) is 5.52. The molecule has 19 heavy (non-hydrogen) atoms. The Kier molecular flexibility index (Phi) is 3.80. The first-order chi connectivity index (χ1) is 9.08. The molecule has 0 unspecified atom stereocenters. The van der Waals surface area contributed by atoms with E-state index in [2.05, 4.69) is 5.32 Å². The summed E-state index contributed by atoms with van der Waals surface area (Å²) in [4.78, 5) is 22.3. The second-order valence-electron chi connectivity index (χ2n) is 4.42. The van der Waals surface area contributed by atoms with Gasteiger partial charge in [-0.15, -0.1) is 0 Å². The van der Waals surface area contributed by atoms with Crippen molar-refractivity contribution >= 4 is 22.6 Å². The fourth-order valence-electron chi connectivity index (χ4n) is 1.97. The molecular weight excluding hydrogens is 242 g/mol. The van der Waals surface area contributed by atoms with Crippen molar-refractivity contribution in [2.24, 2.45) is 0 Å². The fourth-order valence-corrected chi connectivity index (χ4v) is 1.97. The van der Waals surface area contributed by atoms with Gasteiger partial charge in [0.2, 0.25) is 5.91 Å². The molecule has 2 rings (SSSR count). The number of fused-ring (bicyclic) bond motifs is 1. The largest absolute Gasteiger partial charge is 0.548 e. The number of benzene rings is 2. The molecule has 0 aliphatic rings. The smallest absolute Gasteiger partial charge is 0.224 e. The number of rotatable bonds is 4. The van der Waals surface area contributed by atoms with Gasteiger partial charge in [-0.3, -0.25) is 4.79 Å². The molecule has 98 valence electrons. The Bertz CT molecular complexity index is 616. The van der Waals surface area contributed by atoms with Gasteiger partial charge in [-0.05, 0) is 23.3 Å². The van der Waals surface area contributed by atoms with E-state index in [0.29, 0.717) is 0 Å². The lowest BCUT2D eigenvalue weighted by atomic mass is 10.0. The second-order valence-corrected chi connectivity index (χ2v) is 4.42. The molecule has 0 fully saturated rings. The number of aliphatic carboxylic acids is 1. The monoisotopic (exact) mass is 256 g/mol. The molecule has 4 heteroatoms. The summed E-state index contributed by atoms with van der Waals surface area (Å²) in [6.45, 7) is 1.39. The number of carbonyl (C=O) groups excluding carboxylic acids is 2. The third-order valence-corrected chi connectivity index (χ3v) is 2.96. The molecule has 1 atom stereocenters. The van der Waals surface area contributed by atoms with Gasteiger partial charge in [-0.2, -0.15) is 0 Å². The van der Waals surface area contributed by atoms with Crippen molar-refractivity contribution in [2.45, 2.75) is 19.4 Å². The van der Waals surface area contributed by atoms with Gasteiger partial charge in [0.15, 0.2) is 0 Å². The van der Waals surface area contributed by atoms with Gasteiger partial charge in [0.05, 0.1) is 18.4 Å². The highest BCUT2D eigenvalue weighted by Crippen LogP contribution is 2.18. The number of carboxylic acid groups (broad SMARTS) is 1. The van der Waals surface area contributed by atoms with E-state index in [9.17, 15) is 14.7 Å². The molecule has 0 aliphatic heterocycles. The van der Waals surface area contributed by atoms with Gasteiger partial charge < -0.3 is 15.2 Å². The summed E-state index contributed by atoms with van der Waals surface area (Å²) in [6, 6.07) is 12.5. The van der Waals surface area contributed by atoms with E-state index in [1.54, 1.807) is 0 Å². The van der Waals surface area contributed by atoms with Crippen LogP contribution in [-0.2, 0) is 16.0 Å². The normalized spacial score (nSPS) is 12.1. The summed E-state index contributed by atoms with van der Waals surface area (Å²) in [7, 11) is 0. The third kappa shape index (κ3) is 3.10. The number of hydrogen-bond acceptors (Lipinski definition) is 3. The van der Waals surface area contributed by atoms with Crippen molar-refractivity contribution in [2.75, 3.05) is 0 Å². The van der Waals surface area contributed by atoms with Crippen LogP contribution in [0.4, 0.5) is 0 Å². The van der Waals surface area contributed by atoms with Gasteiger partial charge in [0.1, 0.15) is 0 Å². The quantitative estimate of drug-likeness (QED) is 0.872. The van der Waals surface area contributed by atoms with Crippen LogP contribution in [0.15, 0.2) is 42.5 Å². The first-order valence-corrected chi connectivity index (χ1v) is 6.05. The highest BCUT2D eigenvalue weighted by atomic mass is 16.4. The van der Waals surface area contributed by atoms with E-state index >= 15 is 0 Å². The number of nitrogens with one attached hydrogen (secondary N) is 1. The van der Waals surface area contributed by atoms with Crippen molar-refractivity contribution in [3.05, 3.63) is 48.0 Å². The molecule has 0 spiro atoms. The van der Waals surface area contributed by atoms with E-state index in [4.69, 9.17) is 0 Å². The Morgan fingerprint density at radius 2 is 1.84 bits per heavy atom. The summed E-state index contributed by atoms with van der Waals surface area (Å²) in [5, 5.41) is 15.0. The van der Waals surface area contributed by atoms with Gasteiger partial charge in [-0.25, -0.2) is 0 Å². The predicted octanol–water partition coefficient (Wildman–Crippen LogP) is 0.637. The lowest BCUT2D eigenvalue weighted by Crippen LogP contribution is -2.46. The van der Waals surface area contributed by atoms with Gasteiger partial charge in [0.25, 0.3) is 0 Å². The zero-order valence-electron chi connectivity index (χ0n) is 10.6. The van der Waals surface area contributed by atoms with E-state index in [1.165, 1.54) is 6.92 Å². The molecule has 0 bridgehead atoms. The summed E-state index contributed by atoms with van der Waals surface area (Å²) in [5.41, 5.74) is 0.876. The van der Waals surface area contributed by atoms with Crippen LogP contribution in [0.2, 0.25) is 0 Å². The zero-order valence-corrected chi connectivity index (χ0v) is 10.6. The predicted molar refractivity (Wildman–Crippen MR) is 70.3 cm³/mol. The standard InChI is InChI=1S/C15H15NO3/c1-10(15(18)19)16-14(17)9-12-7-4-6-11-5-2-3-8-13(11)12/h2-8,10H,9H2,1H3,(H,16,17)(H,18,19)/p-1/t10-/m1/s1. The lowest BCUT2D eigenvalue weighted by molar-refractivity contribution is -0.307. The molecule has 0 saturated heterocycles. The van der Waals surface area contributed by atoms with E-state index in [-0.39, 0.29) is 12.3 Å². The number of amides is 1. The Morgan fingerprint density at radius 3 is 2.58 bits per heavy atom. The number of hydrogen-bond donors (Lipinski definition) is 1. The summed E-state index contributed by atoms with van der Waals surface area (Å²) >= 11 is 0. The van der Waals surface area contributed by atoms with E-state index < -0.39 is 12.0 Å². The Hall–Kier alpha value is -2.36. The third-order valence-electron chi connectivity index (χ3n) is 2.96. The van der Waals surface area contributed by atoms with Crippen LogP contribution in [0.3, 0.4) is 0 Å². The lowest BCUT2D eigenvalue weighted by Gasteiger charge is -2.15. The average molecular weight is 256 g/mol. The van der Waals surface area contributed by atoms with Crippen LogP contribution < -0.4 is 10.4 Å². The van der Waals surface area contributed by atoms with Crippen LogP contribution in [0, 0.1) is 0 Å². The van der Waals surface area contributed by atoms with Crippen molar-refractivity contribution in [1.82, 2.24) is 5.32 Å². The number of carbonyl (C=O) groups is 2. The molecule has 0 heterocycles. The molecule has 1 amide bonds. The van der Waals surface area contributed by atoms with Gasteiger partial charge in [-0.1, -0.05) is 42.5 Å². The minimum atomic E-state index is -1.29. The van der Waals surface area contributed by atoms with Crippen LogP contribution in [0.25, 0.3) is 10.8 Å². The molecule has 0 saturated carbocycles.